The van der Waals surface area contributed by atoms with Gasteiger partial charge in [0.15, 0.2) is 11.5 Å². The van der Waals surface area contributed by atoms with Crippen molar-refractivity contribution in [2.75, 3.05) is 45.4 Å². The predicted molar refractivity (Wildman–Crippen MR) is 160 cm³/mol. The van der Waals surface area contributed by atoms with Crippen molar-refractivity contribution >= 4 is 21.6 Å². The normalized spacial score (nSPS) is 18.8. The number of aliphatic hydroxyl groups is 1. The van der Waals surface area contributed by atoms with Crippen molar-refractivity contribution in [3.05, 3.63) is 71.8 Å². The van der Waals surface area contributed by atoms with Crippen LogP contribution in [0.4, 0.5) is 5.69 Å². The third-order valence-corrected chi connectivity index (χ3v) is 9.07. The van der Waals surface area contributed by atoms with Crippen molar-refractivity contribution in [3.8, 4) is 23.0 Å². The molecule has 2 aliphatic rings. The average Bonchev–Trinajstić information content (AvgIpc) is 3.46. The quantitative estimate of drug-likeness (QED) is 0.354. The lowest BCUT2D eigenvalue weighted by Crippen LogP contribution is -2.49. The number of aliphatic hydroxyl groups excluding tert-OH is 1. The Morgan fingerprint density at radius 3 is 2.51 bits per heavy atom. The summed E-state index contributed by atoms with van der Waals surface area (Å²) in [6.07, 6.45) is -0.305. The minimum absolute atomic E-state index is 0.0533. The molecule has 0 spiro atoms. The molecule has 2 aliphatic heterocycles. The summed E-state index contributed by atoms with van der Waals surface area (Å²) in [7, 11) is -0.438. The lowest BCUT2D eigenvalue weighted by Gasteiger charge is -2.38. The summed E-state index contributed by atoms with van der Waals surface area (Å²) in [4.78, 5) is 17.6. The Morgan fingerprint density at radius 1 is 1.07 bits per heavy atom. The first kappa shape index (κ1) is 30.5. The van der Waals surface area contributed by atoms with Gasteiger partial charge in [0.1, 0.15) is 17.6 Å². The molecule has 0 fully saturated rings. The Bertz CT molecular complexity index is 1560. The molecule has 2 N–H and O–H groups in total. The molecule has 0 bridgehead atoms. The van der Waals surface area contributed by atoms with Gasteiger partial charge < -0.3 is 29.0 Å². The topological polar surface area (TPSA) is 127 Å². The van der Waals surface area contributed by atoms with E-state index in [-0.39, 0.29) is 47.5 Å². The second kappa shape index (κ2) is 12.7. The Morgan fingerprint density at radius 2 is 1.79 bits per heavy atom. The number of carbonyl (C=O) groups excluding carboxylic acids is 1. The number of rotatable bonds is 10. The van der Waals surface area contributed by atoms with E-state index >= 15 is 0 Å². The summed E-state index contributed by atoms with van der Waals surface area (Å²) in [5.74, 6) is 1.92. The minimum Gasteiger partial charge on any atom is -0.497 e. The molecule has 5 rings (SSSR count). The molecule has 1 amide bonds. The molecule has 0 aromatic heterocycles. The van der Waals surface area contributed by atoms with Crippen molar-refractivity contribution in [3.63, 3.8) is 0 Å². The number of fused-ring (bicyclic) bond motifs is 2. The van der Waals surface area contributed by atoms with Crippen LogP contribution < -0.4 is 23.7 Å². The Hall–Kier alpha value is -4.00. The molecule has 0 unspecified atom stereocenters. The largest absolute Gasteiger partial charge is 0.497 e. The molecular formula is C31H37N3O8S. The number of methoxy groups -OCH3 is 1. The number of hydrogen-bond acceptors (Lipinski definition) is 9. The molecular weight excluding hydrogens is 574 g/mol. The zero-order valence-electron chi connectivity index (χ0n) is 24.6. The van der Waals surface area contributed by atoms with Crippen LogP contribution in [-0.4, -0.2) is 82.0 Å². The Kier molecular flexibility index (Phi) is 9.00. The van der Waals surface area contributed by atoms with Crippen molar-refractivity contribution < 1.29 is 37.3 Å². The van der Waals surface area contributed by atoms with Gasteiger partial charge in [0.2, 0.25) is 6.79 Å². The fraction of sp³-hybridized carbons (Fsp3) is 0.387. The van der Waals surface area contributed by atoms with Crippen LogP contribution in [0, 0.1) is 5.92 Å². The predicted octanol–water partition coefficient (Wildman–Crippen LogP) is 3.58. The van der Waals surface area contributed by atoms with Crippen LogP contribution in [0.25, 0.3) is 0 Å². The van der Waals surface area contributed by atoms with E-state index in [1.807, 2.05) is 32.2 Å². The van der Waals surface area contributed by atoms with Gasteiger partial charge in [0.05, 0.1) is 30.2 Å². The smallest absolute Gasteiger partial charge is 0.261 e. The molecule has 11 nitrogen and oxygen atoms in total. The van der Waals surface area contributed by atoms with Crippen LogP contribution in [0.3, 0.4) is 0 Å². The molecule has 12 heteroatoms. The Balaban J connectivity index is 1.39. The van der Waals surface area contributed by atoms with Gasteiger partial charge in [0.25, 0.3) is 15.9 Å². The average molecular weight is 612 g/mol. The van der Waals surface area contributed by atoms with E-state index in [0.717, 1.165) is 17.1 Å². The van der Waals surface area contributed by atoms with Gasteiger partial charge in [-0.1, -0.05) is 13.0 Å². The maximum Gasteiger partial charge on any atom is 0.261 e. The molecule has 0 saturated carbocycles. The summed E-state index contributed by atoms with van der Waals surface area (Å²) in [5.41, 5.74) is 1.49. The van der Waals surface area contributed by atoms with Crippen molar-refractivity contribution in [2.45, 2.75) is 37.4 Å². The number of nitrogens with one attached hydrogen (secondary N) is 1. The monoisotopic (exact) mass is 611 g/mol. The number of carbonyl (C=O) groups is 1. The summed E-state index contributed by atoms with van der Waals surface area (Å²) in [6.45, 7) is 5.34. The van der Waals surface area contributed by atoms with Crippen molar-refractivity contribution in [2.24, 2.45) is 5.92 Å². The van der Waals surface area contributed by atoms with Crippen LogP contribution in [0.15, 0.2) is 65.6 Å². The summed E-state index contributed by atoms with van der Waals surface area (Å²) in [6, 6.07) is 16.1. The molecule has 43 heavy (non-hydrogen) atoms. The maximum absolute atomic E-state index is 13.8. The van der Waals surface area contributed by atoms with E-state index in [2.05, 4.69) is 9.62 Å². The van der Waals surface area contributed by atoms with Crippen LogP contribution >= 0.6 is 0 Å². The van der Waals surface area contributed by atoms with Crippen LogP contribution in [0.2, 0.25) is 0 Å². The van der Waals surface area contributed by atoms with Crippen molar-refractivity contribution in [1.82, 2.24) is 9.80 Å². The molecule has 0 radical (unpaired) electrons. The van der Waals surface area contributed by atoms with Gasteiger partial charge in [-0.3, -0.25) is 14.4 Å². The number of amides is 1. The van der Waals surface area contributed by atoms with E-state index < -0.39 is 16.1 Å². The fourth-order valence-electron chi connectivity index (χ4n) is 5.20. The van der Waals surface area contributed by atoms with Gasteiger partial charge in [-0.2, -0.15) is 0 Å². The van der Waals surface area contributed by atoms with Gasteiger partial charge in [-0.15, -0.1) is 0 Å². The summed E-state index contributed by atoms with van der Waals surface area (Å²) in [5, 5.41) is 9.96. The lowest BCUT2D eigenvalue weighted by molar-refractivity contribution is 0.0341. The number of likely N-dealkylation sites (N-methyl/N-ethyl adjacent to an activating group) is 1. The second-order valence-corrected chi connectivity index (χ2v) is 12.7. The highest BCUT2D eigenvalue weighted by molar-refractivity contribution is 7.92. The number of sulfonamides is 1. The highest BCUT2D eigenvalue weighted by Gasteiger charge is 2.34. The van der Waals surface area contributed by atoms with Gasteiger partial charge >= 0.3 is 0 Å². The molecule has 3 aromatic carbocycles. The fourth-order valence-corrected chi connectivity index (χ4v) is 6.25. The molecule has 0 saturated heterocycles. The standard InChI is InChI=1S/C31H37N3O8S/c1-20-15-34(21(2)18-35)31(36)26-14-23(32-43(37,38)25-9-7-24(39-4)8-10-25)6-12-27(26)42-30(20)17-33(3)16-22-5-11-28-29(13-22)41-19-40-28/h5-14,20-21,30,32,35H,15-19H2,1-4H3/t20-,21-,30+/m0/s1. The number of hydrogen-bond donors (Lipinski definition) is 2. The number of anilines is 1. The van der Waals surface area contributed by atoms with Gasteiger partial charge in [-0.25, -0.2) is 8.42 Å². The second-order valence-electron chi connectivity index (χ2n) is 11.0. The maximum atomic E-state index is 13.8. The molecule has 230 valence electrons. The van der Waals surface area contributed by atoms with Crippen LogP contribution in [0.5, 0.6) is 23.0 Å². The van der Waals surface area contributed by atoms with Gasteiger partial charge in [0, 0.05) is 31.2 Å². The van der Waals surface area contributed by atoms with Crippen LogP contribution in [-0.2, 0) is 16.6 Å². The zero-order valence-corrected chi connectivity index (χ0v) is 25.5. The number of ether oxygens (including phenoxy) is 4. The van der Waals surface area contributed by atoms with E-state index in [1.165, 1.54) is 25.3 Å². The lowest BCUT2D eigenvalue weighted by atomic mass is 9.99. The van der Waals surface area contributed by atoms with Gasteiger partial charge in [-0.05, 0) is 74.1 Å². The SMILES string of the molecule is COc1ccc(S(=O)(=O)Nc2ccc3c(c2)C(=O)N([C@@H](C)CO)C[C@H](C)[C@@H](CN(C)Cc2ccc4c(c2)OCO4)O3)cc1. The molecule has 0 aliphatic carbocycles. The molecule has 3 aromatic rings. The number of benzene rings is 3. The summed E-state index contributed by atoms with van der Waals surface area (Å²) < 4.78 is 51.3. The van der Waals surface area contributed by atoms with E-state index in [1.54, 1.807) is 36.1 Å². The third-order valence-electron chi connectivity index (χ3n) is 7.67. The first-order valence-corrected chi connectivity index (χ1v) is 15.5. The summed E-state index contributed by atoms with van der Waals surface area (Å²) >= 11 is 0. The third kappa shape index (κ3) is 6.82. The highest BCUT2D eigenvalue weighted by Crippen LogP contribution is 2.34. The molecule has 3 atom stereocenters. The molecule has 2 heterocycles. The van der Waals surface area contributed by atoms with E-state index in [0.29, 0.717) is 31.1 Å². The van der Waals surface area contributed by atoms with Crippen molar-refractivity contribution in [1.29, 1.82) is 0 Å². The Labute approximate surface area is 252 Å². The zero-order chi connectivity index (χ0) is 30.7. The van der Waals surface area contributed by atoms with E-state index in [9.17, 15) is 18.3 Å². The number of nitrogens with zero attached hydrogens (tertiary/aromatic N) is 2. The first-order chi connectivity index (χ1) is 20.6. The highest BCUT2D eigenvalue weighted by atomic mass is 32.2. The minimum atomic E-state index is -3.94. The van der Waals surface area contributed by atoms with Crippen LogP contribution in [0.1, 0.15) is 29.8 Å². The first-order valence-electron chi connectivity index (χ1n) is 14.0. The van der Waals surface area contributed by atoms with E-state index in [4.69, 9.17) is 18.9 Å².